The van der Waals surface area contributed by atoms with Crippen LogP contribution in [0.4, 0.5) is 12.9 Å². The standard InChI is InChI=1S/C11H11BF3O/c13-12(14,15)8-4-5-9-16-10-11-6-2-1-3-7-11/h1-3,6-7H,8-10H2/q-1. The molecule has 0 fully saturated rings. The van der Waals surface area contributed by atoms with Gasteiger partial charge in [-0.1, -0.05) is 36.3 Å². The van der Waals surface area contributed by atoms with E-state index in [0.717, 1.165) is 5.56 Å². The molecule has 0 aliphatic rings. The molecule has 1 aromatic carbocycles. The Morgan fingerprint density at radius 2 is 1.75 bits per heavy atom. The van der Waals surface area contributed by atoms with E-state index in [-0.39, 0.29) is 6.61 Å². The van der Waals surface area contributed by atoms with Crippen LogP contribution in [0.1, 0.15) is 5.56 Å². The largest absolute Gasteiger partial charge is 0.489 e. The summed E-state index contributed by atoms with van der Waals surface area (Å²) < 4.78 is 40.3. The molecule has 0 aliphatic heterocycles. The number of hydrogen-bond acceptors (Lipinski definition) is 1. The number of rotatable bonds is 4. The summed E-state index contributed by atoms with van der Waals surface area (Å²) in [6.07, 6.45) is -1.02. The minimum Gasteiger partial charge on any atom is -0.448 e. The summed E-state index contributed by atoms with van der Waals surface area (Å²) in [5.41, 5.74) is 0.976. The van der Waals surface area contributed by atoms with Gasteiger partial charge in [-0.3, -0.25) is 0 Å². The summed E-state index contributed by atoms with van der Waals surface area (Å²) in [6, 6.07) is 9.39. The van der Waals surface area contributed by atoms with Crippen LogP contribution >= 0.6 is 0 Å². The van der Waals surface area contributed by atoms with Crippen molar-refractivity contribution < 1.29 is 17.7 Å². The molecular weight excluding hydrogens is 216 g/mol. The minimum absolute atomic E-state index is 0.0288. The van der Waals surface area contributed by atoms with Crippen LogP contribution in [-0.4, -0.2) is 13.6 Å². The third kappa shape index (κ3) is 6.15. The third-order valence-corrected chi connectivity index (χ3v) is 1.74. The Balaban J connectivity index is 2.17. The van der Waals surface area contributed by atoms with Gasteiger partial charge < -0.3 is 17.7 Å². The van der Waals surface area contributed by atoms with Gasteiger partial charge in [-0.25, -0.2) is 0 Å². The lowest BCUT2D eigenvalue weighted by Crippen LogP contribution is -2.12. The van der Waals surface area contributed by atoms with E-state index >= 15 is 0 Å². The molecule has 0 spiro atoms. The normalized spacial score (nSPS) is 10.7. The molecule has 0 saturated carbocycles. The highest BCUT2D eigenvalue weighted by Gasteiger charge is 2.20. The van der Waals surface area contributed by atoms with Gasteiger partial charge in [0, 0.05) is 0 Å². The third-order valence-electron chi connectivity index (χ3n) is 1.74. The summed E-state index contributed by atoms with van der Waals surface area (Å²) in [6.45, 7) is -4.40. The molecule has 0 heterocycles. The zero-order chi connectivity index (χ0) is 11.9. The second kappa shape index (κ2) is 6.24. The number of benzene rings is 1. The molecule has 86 valence electrons. The molecule has 0 aliphatic carbocycles. The monoisotopic (exact) mass is 227 g/mol. The maximum absolute atomic E-state index is 11.7. The van der Waals surface area contributed by atoms with Crippen LogP contribution in [0.5, 0.6) is 0 Å². The van der Waals surface area contributed by atoms with Crippen molar-refractivity contribution >= 4 is 6.98 Å². The van der Waals surface area contributed by atoms with Crippen LogP contribution in [0.2, 0.25) is 6.32 Å². The Kier molecular flexibility index (Phi) is 4.94. The fraction of sp³-hybridized carbons (Fsp3) is 0.273. The molecule has 0 aromatic heterocycles. The number of halogens is 3. The van der Waals surface area contributed by atoms with E-state index in [2.05, 4.69) is 5.92 Å². The van der Waals surface area contributed by atoms with E-state index in [1.165, 1.54) is 0 Å². The average molecular weight is 227 g/mol. The average Bonchev–Trinajstić information content (AvgIpc) is 2.23. The molecule has 1 aromatic rings. The quantitative estimate of drug-likeness (QED) is 0.436. The highest BCUT2D eigenvalue weighted by atomic mass is 19.4. The zero-order valence-electron chi connectivity index (χ0n) is 8.63. The second-order valence-corrected chi connectivity index (χ2v) is 3.25. The second-order valence-electron chi connectivity index (χ2n) is 3.25. The van der Waals surface area contributed by atoms with Crippen molar-refractivity contribution in [3.63, 3.8) is 0 Å². The minimum atomic E-state index is -4.80. The summed E-state index contributed by atoms with van der Waals surface area (Å²) in [5.74, 6) is 4.37. The van der Waals surface area contributed by atoms with Gasteiger partial charge in [0.1, 0.15) is 6.61 Å². The van der Waals surface area contributed by atoms with Crippen molar-refractivity contribution in [2.45, 2.75) is 12.9 Å². The fourth-order valence-electron chi connectivity index (χ4n) is 1.03. The van der Waals surface area contributed by atoms with Crippen LogP contribution in [0.25, 0.3) is 0 Å². The molecule has 0 bridgehead atoms. The van der Waals surface area contributed by atoms with E-state index in [1.807, 2.05) is 36.3 Å². The lowest BCUT2D eigenvalue weighted by atomic mass is 9.87. The molecule has 0 atom stereocenters. The van der Waals surface area contributed by atoms with E-state index in [4.69, 9.17) is 4.74 Å². The van der Waals surface area contributed by atoms with E-state index in [9.17, 15) is 12.9 Å². The molecule has 1 nitrogen and oxygen atoms in total. The topological polar surface area (TPSA) is 9.23 Å². The molecule has 0 amide bonds. The lowest BCUT2D eigenvalue weighted by Gasteiger charge is -2.06. The summed E-state index contributed by atoms with van der Waals surface area (Å²) in [5, 5.41) is 0. The molecule has 1 rings (SSSR count). The van der Waals surface area contributed by atoms with Crippen LogP contribution < -0.4 is 0 Å². The van der Waals surface area contributed by atoms with Crippen molar-refractivity contribution in [2.75, 3.05) is 6.61 Å². The van der Waals surface area contributed by atoms with Gasteiger partial charge in [0.15, 0.2) is 0 Å². The van der Waals surface area contributed by atoms with E-state index < -0.39 is 13.3 Å². The SMILES string of the molecule is F[B-](F)(F)CC#CCOCc1ccccc1. The van der Waals surface area contributed by atoms with Crippen LogP contribution in [-0.2, 0) is 11.3 Å². The first-order valence-electron chi connectivity index (χ1n) is 4.86. The Hall–Kier alpha value is -1.41. The molecule has 0 saturated heterocycles. The van der Waals surface area contributed by atoms with Crippen molar-refractivity contribution in [1.82, 2.24) is 0 Å². The van der Waals surface area contributed by atoms with Gasteiger partial charge in [-0.15, -0.1) is 5.92 Å². The first-order valence-corrected chi connectivity index (χ1v) is 4.86. The van der Waals surface area contributed by atoms with Crippen molar-refractivity contribution in [3.05, 3.63) is 35.9 Å². The van der Waals surface area contributed by atoms with Crippen molar-refractivity contribution in [2.24, 2.45) is 0 Å². The molecule has 0 N–H and O–H groups in total. The summed E-state index contributed by atoms with van der Waals surface area (Å²) in [7, 11) is 0. The zero-order valence-corrected chi connectivity index (χ0v) is 8.63. The Morgan fingerprint density at radius 1 is 1.06 bits per heavy atom. The highest BCUT2D eigenvalue weighted by molar-refractivity contribution is 6.59. The maximum Gasteiger partial charge on any atom is 0.489 e. The Bertz CT molecular complexity index is 364. The van der Waals surface area contributed by atoms with Crippen molar-refractivity contribution in [1.29, 1.82) is 0 Å². The van der Waals surface area contributed by atoms with Crippen molar-refractivity contribution in [3.8, 4) is 11.8 Å². The number of hydrogen-bond donors (Lipinski definition) is 0. The van der Waals surface area contributed by atoms with Gasteiger partial charge in [0.25, 0.3) is 0 Å². The molecule has 16 heavy (non-hydrogen) atoms. The summed E-state index contributed by atoms with van der Waals surface area (Å²) >= 11 is 0. The molecule has 0 unspecified atom stereocenters. The van der Waals surface area contributed by atoms with Gasteiger partial charge in [-0.2, -0.15) is 0 Å². The van der Waals surface area contributed by atoms with Crippen LogP contribution in [0.3, 0.4) is 0 Å². The van der Waals surface area contributed by atoms with Gasteiger partial charge in [0.2, 0.25) is 0 Å². The first kappa shape index (κ1) is 12.7. The Morgan fingerprint density at radius 3 is 2.38 bits per heavy atom. The van der Waals surface area contributed by atoms with Gasteiger partial charge in [0.05, 0.1) is 6.61 Å². The van der Waals surface area contributed by atoms with Gasteiger partial charge >= 0.3 is 6.98 Å². The predicted octanol–water partition coefficient (Wildman–Crippen LogP) is 3.05. The molecular formula is C11H11BF3O-. The van der Waals surface area contributed by atoms with Crippen LogP contribution in [0, 0.1) is 11.8 Å². The predicted molar refractivity (Wildman–Crippen MR) is 57.8 cm³/mol. The smallest absolute Gasteiger partial charge is 0.448 e. The molecule has 0 radical (unpaired) electrons. The van der Waals surface area contributed by atoms with E-state index in [0.29, 0.717) is 6.61 Å². The fourth-order valence-corrected chi connectivity index (χ4v) is 1.03. The Labute approximate surface area is 92.7 Å². The first-order chi connectivity index (χ1) is 7.58. The van der Waals surface area contributed by atoms with Crippen LogP contribution in [0.15, 0.2) is 30.3 Å². The van der Waals surface area contributed by atoms with E-state index in [1.54, 1.807) is 0 Å². The number of ether oxygens (including phenoxy) is 1. The summed E-state index contributed by atoms with van der Waals surface area (Å²) in [4.78, 5) is 0. The highest BCUT2D eigenvalue weighted by Crippen LogP contribution is 2.12. The van der Waals surface area contributed by atoms with Gasteiger partial charge in [-0.05, 0) is 11.9 Å². The maximum atomic E-state index is 11.7. The molecule has 5 heteroatoms. The lowest BCUT2D eigenvalue weighted by molar-refractivity contribution is 0.153.